The molecular formula is C9H13Si. The molecule has 0 heterocycles. The second-order valence-corrected chi connectivity index (χ2v) is 8.56. The molecule has 0 spiro atoms. The summed E-state index contributed by atoms with van der Waals surface area (Å²) < 4.78 is 0. The summed E-state index contributed by atoms with van der Waals surface area (Å²) >= 11 is 0. The molecule has 0 amide bonds. The zero-order valence-electron chi connectivity index (χ0n) is 6.81. The lowest BCUT2D eigenvalue weighted by atomic mass is 10.4. The molecule has 1 aromatic rings. The first-order chi connectivity index (χ1) is 4.61. The topological polar surface area (TPSA) is 0 Å². The van der Waals surface area contributed by atoms with E-state index in [1.807, 2.05) is 12.1 Å². The Hall–Kier alpha value is -0.563. The standard InChI is InChI=1S/C9H13Si/c1-10(2,3)9-7-5-4-6-8-9/h4-7H,1-3H3. The van der Waals surface area contributed by atoms with Crippen molar-refractivity contribution in [3.8, 4) is 0 Å². The molecule has 0 aromatic heterocycles. The van der Waals surface area contributed by atoms with Crippen molar-refractivity contribution >= 4 is 13.3 Å². The Morgan fingerprint density at radius 1 is 1.20 bits per heavy atom. The summed E-state index contributed by atoms with van der Waals surface area (Å²) in [5.41, 5.74) is 0. The summed E-state index contributed by atoms with van der Waals surface area (Å²) in [7, 11) is -1.09. The highest BCUT2D eigenvalue weighted by Gasteiger charge is 2.14. The van der Waals surface area contributed by atoms with Crippen molar-refractivity contribution < 1.29 is 0 Å². The molecule has 1 radical (unpaired) electrons. The van der Waals surface area contributed by atoms with Crippen LogP contribution >= 0.6 is 0 Å². The fourth-order valence-electron chi connectivity index (χ4n) is 0.860. The Balaban J connectivity index is 2.97. The SMILES string of the molecule is C[Si](C)(C)c1[c]cccc1. The second kappa shape index (κ2) is 2.58. The summed E-state index contributed by atoms with van der Waals surface area (Å²) in [5, 5.41) is 1.41. The Bertz CT molecular complexity index is 196. The van der Waals surface area contributed by atoms with E-state index in [9.17, 15) is 0 Å². The van der Waals surface area contributed by atoms with Gasteiger partial charge in [-0.15, -0.1) is 0 Å². The average molecular weight is 149 g/mol. The molecule has 0 nitrogen and oxygen atoms in total. The van der Waals surface area contributed by atoms with Crippen molar-refractivity contribution in [2.75, 3.05) is 0 Å². The van der Waals surface area contributed by atoms with Gasteiger partial charge in [-0.25, -0.2) is 0 Å². The van der Waals surface area contributed by atoms with Crippen LogP contribution in [-0.2, 0) is 0 Å². The highest BCUT2D eigenvalue weighted by Crippen LogP contribution is 1.99. The highest BCUT2D eigenvalue weighted by atomic mass is 28.3. The Morgan fingerprint density at radius 2 is 1.90 bits per heavy atom. The van der Waals surface area contributed by atoms with E-state index in [0.717, 1.165) is 0 Å². The first kappa shape index (κ1) is 7.54. The molecule has 0 aliphatic rings. The Morgan fingerprint density at radius 3 is 2.20 bits per heavy atom. The van der Waals surface area contributed by atoms with E-state index in [0.29, 0.717) is 0 Å². The molecule has 0 aliphatic carbocycles. The van der Waals surface area contributed by atoms with Gasteiger partial charge in [0.05, 0.1) is 8.07 Å². The van der Waals surface area contributed by atoms with Crippen molar-refractivity contribution in [1.82, 2.24) is 0 Å². The van der Waals surface area contributed by atoms with Gasteiger partial charge in [-0.05, 0) is 6.07 Å². The zero-order chi connectivity index (χ0) is 7.61. The normalized spacial score (nSPS) is 11.5. The summed E-state index contributed by atoms with van der Waals surface area (Å²) in [6.07, 6.45) is 0. The van der Waals surface area contributed by atoms with Gasteiger partial charge in [-0.3, -0.25) is 0 Å². The third kappa shape index (κ3) is 1.71. The smallest absolute Gasteiger partial charge is 0.0656 e. The molecule has 1 rings (SSSR count). The van der Waals surface area contributed by atoms with Crippen molar-refractivity contribution in [3.05, 3.63) is 30.3 Å². The minimum atomic E-state index is -1.09. The lowest BCUT2D eigenvalue weighted by Crippen LogP contribution is -2.37. The Kier molecular flexibility index (Phi) is 1.95. The second-order valence-electron chi connectivity index (χ2n) is 3.53. The number of hydrogen-bond donors (Lipinski definition) is 0. The van der Waals surface area contributed by atoms with E-state index in [2.05, 4.69) is 37.8 Å². The first-order valence-electron chi connectivity index (χ1n) is 3.58. The van der Waals surface area contributed by atoms with Gasteiger partial charge in [0.1, 0.15) is 0 Å². The predicted molar refractivity (Wildman–Crippen MR) is 48.3 cm³/mol. The van der Waals surface area contributed by atoms with Crippen LogP contribution in [-0.4, -0.2) is 8.07 Å². The fourth-order valence-corrected chi connectivity index (χ4v) is 1.97. The average Bonchev–Trinajstić information content (AvgIpc) is 1.88. The van der Waals surface area contributed by atoms with Gasteiger partial charge >= 0.3 is 0 Å². The maximum absolute atomic E-state index is 3.27. The summed E-state index contributed by atoms with van der Waals surface area (Å²) in [5.74, 6) is 0. The van der Waals surface area contributed by atoms with Gasteiger partial charge in [-0.2, -0.15) is 0 Å². The molecule has 0 fully saturated rings. The molecule has 0 aliphatic heterocycles. The minimum Gasteiger partial charge on any atom is -0.0656 e. The molecule has 0 saturated carbocycles. The van der Waals surface area contributed by atoms with Crippen LogP contribution in [0.3, 0.4) is 0 Å². The van der Waals surface area contributed by atoms with Crippen LogP contribution in [0.4, 0.5) is 0 Å². The number of hydrogen-bond acceptors (Lipinski definition) is 0. The van der Waals surface area contributed by atoms with Gasteiger partial charge in [-0.1, -0.05) is 49.1 Å². The van der Waals surface area contributed by atoms with E-state index in [1.54, 1.807) is 0 Å². The largest absolute Gasteiger partial charge is 0.0784 e. The van der Waals surface area contributed by atoms with Crippen molar-refractivity contribution in [3.63, 3.8) is 0 Å². The zero-order valence-corrected chi connectivity index (χ0v) is 7.81. The lowest BCUT2D eigenvalue weighted by Gasteiger charge is -2.14. The van der Waals surface area contributed by atoms with E-state index in [1.165, 1.54) is 5.19 Å². The third-order valence-electron chi connectivity index (χ3n) is 1.52. The maximum atomic E-state index is 3.27. The van der Waals surface area contributed by atoms with Crippen LogP contribution in [0.5, 0.6) is 0 Å². The van der Waals surface area contributed by atoms with Crippen LogP contribution in [0.2, 0.25) is 19.6 Å². The summed E-state index contributed by atoms with van der Waals surface area (Å²) in [6.45, 7) is 7.00. The van der Waals surface area contributed by atoms with Crippen molar-refractivity contribution in [2.45, 2.75) is 19.6 Å². The molecule has 0 saturated heterocycles. The van der Waals surface area contributed by atoms with Crippen molar-refractivity contribution in [2.24, 2.45) is 0 Å². The monoisotopic (exact) mass is 149 g/mol. The van der Waals surface area contributed by atoms with Crippen molar-refractivity contribution in [1.29, 1.82) is 0 Å². The van der Waals surface area contributed by atoms with Crippen LogP contribution in [0.1, 0.15) is 0 Å². The number of rotatable bonds is 1. The van der Waals surface area contributed by atoms with Gasteiger partial charge in [0.25, 0.3) is 0 Å². The van der Waals surface area contributed by atoms with Gasteiger partial charge in [0.15, 0.2) is 0 Å². The summed E-state index contributed by atoms with van der Waals surface area (Å²) in [4.78, 5) is 0. The van der Waals surface area contributed by atoms with E-state index in [4.69, 9.17) is 0 Å². The quantitative estimate of drug-likeness (QED) is 0.536. The molecule has 0 bridgehead atoms. The van der Waals surface area contributed by atoms with Crippen LogP contribution in [0.25, 0.3) is 0 Å². The molecule has 0 atom stereocenters. The van der Waals surface area contributed by atoms with Crippen LogP contribution in [0, 0.1) is 6.07 Å². The van der Waals surface area contributed by atoms with E-state index in [-0.39, 0.29) is 0 Å². The third-order valence-corrected chi connectivity index (χ3v) is 3.44. The minimum absolute atomic E-state index is 1.09. The van der Waals surface area contributed by atoms with Gasteiger partial charge in [0, 0.05) is 0 Å². The molecule has 1 heteroatoms. The molecule has 1 aromatic carbocycles. The van der Waals surface area contributed by atoms with Gasteiger partial charge in [0.2, 0.25) is 0 Å². The highest BCUT2D eigenvalue weighted by molar-refractivity contribution is 6.88. The van der Waals surface area contributed by atoms with Gasteiger partial charge < -0.3 is 0 Å². The fraction of sp³-hybridized carbons (Fsp3) is 0.333. The van der Waals surface area contributed by atoms with E-state index < -0.39 is 8.07 Å². The number of benzene rings is 1. The Labute approximate surface area is 63.9 Å². The molecular weight excluding hydrogens is 136 g/mol. The predicted octanol–water partition coefficient (Wildman–Crippen LogP) is 2.03. The van der Waals surface area contributed by atoms with E-state index >= 15 is 0 Å². The molecule has 0 N–H and O–H groups in total. The first-order valence-corrected chi connectivity index (χ1v) is 7.08. The molecule has 10 heavy (non-hydrogen) atoms. The molecule has 53 valence electrons. The summed E-state index contributed by atoms with van der Waals surface area (Å²) in [6, 6.07) is 11.5. The molecule has 0 unspecified atom stereocenters. The van der Waals surface area contributed by atoms with Crippen LogP contribution < -0.4 is 5.19 Å². The lowest BCUT2D eigenvalue weighted by molar-refractivity contribution is 1.67. The van der Waals surface area contributed by atoms with Crippen LogP contribution in [0.15, 0.2) is 24.3 Å². The maximum Gasteiger partial charge on any atom is 0.0784 e.